The second kappa shape index (κ2) is 7.06. The van der Waals surface area contributed by atoms with Crippen molar-refractivity contribution in [1.82, 2.24) is 4.90 Å². The highest BCUT2D eigenvalue weighted by Crippen LogP contribution is 2.25. The minimum Gasteiger partial charge on any atom is -0.366 e. The topological polar surface area (TPSA) is 66.7 Å². The van der Waals surface area contributed by atoms with E-state index < -0.39 is 4.92 Å². The van der Waals surface area contributed by atoms with Gasteiger partial charge in [-0.3, -0.25) is 14.9 Å². The normalized spacial score (nSPS) is 14.5. The Morgan fingerprint density at radius 2 is 1.80 bits per heavy atom. The van der Waals surface area contributed by atoms with Crippen molar-refractivity contribution in [3.8, 4) is 0 Å². The van der Waals surface area contributed by atoms with Gasteiger partial charge >= 0.3 is 0 Å². The third kappa shape index (κ3) is 3.56. The number of hydrogen-bond acceptors (Lipinski definition) is 4. The summed E-state index contributed by atoms with van der Waals surface area (Å²) in [5, 5.41) is 11.1. The van der Waals surface area contributed by atoms with Crippen LogP contribution in [0.5, 0.6) is 0 Å². The van der Waals surface area contributed by atoms with Crippen molar-refractivity contribution in [3.05, 3.63) is 69.0 Å². The predicted octanol–water partition coefficient (Wildman–Crippen LogP) is 3.35. The van der Waals surface area contributed by atoms with Gasteiger partial charge in [-0.2, -0.15) is 0 Å². The van der Waals surface area contributed by atoms with Crippen LogP contribution < -0.4 is 4.90 Å². The molecule has 1 aliphatic heterocycles. The molecule has 0 unspecified atom stereocenters. The number of amides is 1. The largest absolute Gasteiger partial charge is 0.366 e. The van der Waals surface area contributed by atoms with E-state index in [0.29, 0.717) is 31.9 Å². The van der Waals surface area contributed by atoms with Gasteiger partial charge in [0, 0.05) is 38.3 Å². The summed E-state index contributed by atoms with van der Waals surface area (Å²) in [7, 11) is 0. The Balaban J connectivity index is 1.73. The van der Waals surface area contributed by atoms with Crippen molar-refractivity contribution in [3.63, 3.8) is 0 Å². The van der Waals surface area contributed by atoms with Gasteiger partial charge in [-0.25, -0.2) is 4.39 Å². The Bertz CT molecular complexity index is 823. The molecule has 0 aliphatic carbocycles. The average Bonchev–Trinajstić information content (AvgIpc) is 2.62. The summed E-state index contributed by atoms with van der Waals surface area (Å²) in [6.07, 6.45) is 0. The SMILES string of the molecule is O=C(c1cc([N+](=O)[O-])ccc1Cl)N1CCN(c2ccccc2F)CC1. The number of non-ortho nitro benzene ring substituents is 1. The molecule has 0 atom stereocenters. The Morgan fingerprint density at radius 1 is 1.12 bits per heavy atom. The Hall–Kier alpha value is -2.67. The first-order chi connectivity index (χ1) is 12.0. The number of piperazine rings is 1. The molecule has 1 saturated heterocycles. The molecule has 3 rings (SSSR count). The summed E-state index contributed by atoms with van der Waals surface area (Å²) in [6, 6.07) is 10.3. The Labute approximate surface area is 148 Å². The molecular formula is C17H15ClFN3O3. The molecule has 2 aromatic carbocycles. The summed E-state index contributed by atoms with van der Waals surface area (Å²) in [5.74, 6) is -0.661. The van der Waals surface area contributed by atoms with Gasteiger partial charge in [0.25, 0.3) is 11.6 Å². The summed E-state index contributed by atoms with van der Waals surface area (Å²) in [5.41, 5.74) is 0.427. The van der Waals surface area contributed by atoms with E-state index in [0.717, 1.165) is 0 Å². The van der Waals surface area contributed by atoms with Crippen LogP contribution in [0.2, 0.25) is 5.02 Å². The molecule has 2 aromatic rings. The molecule has 8 heteroatoms. The second-order valence-corrected chi connectivity index (χ2v) is 6.06. The van der Waals surface area contributed by atoms with E-state index in [4.69, 9.17) is 11.6 Å². The molecule has 25 heavy (non-hydrogen) atoms. The van der Waals surface area contributed by atoms with Crippen molar-refractivity contribution in [2.45, 2.75) is 0 Å². The summed E-state index contributed by atoms with van der Waals surface area (Å²) >= 11 is 6.03. The number of anilines is 1. The lowest BCUT2D eigenvalue weighted by Gasteiger charge is -2.36. The highest BCUT2D eigenvalue weighted by Gasteiger charge is 2.26. The van der Waals surface area contributed by atoms with Crippen LogP contribution >= 0.6 is 11.6 Å². The van der Waals surface area contributed by atoms with E-state index in [-0.39, 0.29) is 28.0 Å². The Morgan fingerprint density at radius 3 is 2.44 bits per heavy atom. The minimum absolute atomic E-state index is 0.107. The molecule has 0 N–H and O–H groups in total. The van der Waals surface area contributed by atoms with Gasteiger partial charge < -0.3 is 9.80 Å². The molecule has 6 nitrogen and oxygen atoms in total. The maximum Gasteiger partial charge on any atom is 0.270 e. The standard InChI is InChI=1S/C17H15ClFN3O3/c18-14-6-5-12(22(24)25)11-13(14)17(23)21-9-7-20(8-10-21)16-4-2-1-3-15(16)19/h1-6,11H,7-10H2. The summed E-state index contributed by atoms with van der Waals surface area (Å²) < 4.78 is 13.9. The van der Waals surface area contributed by atoms with Crippen LogP contribution in [0.4, 0.5) is 15.8 Å². The van der Waals surface area contributed by atoms with Gasteiger partial charge in [0.15, 0.2) is 0 Å². The number of para-hydroxylation sites is 1. The first kappa shape index (κ1) is 17.2. The van der Waals surface area contributed by atoms with Crippen LogP contribution in [0.3, 0.4) is 0 Å². The van der Waals surface area contributed by atoms with Crippen molar-refractivity contribution in [1.29, 1.82) is 0 Å². The molecule has 0 radical (unpaired) electrons. The molecule has 0 spiro atoms. The fourth-order valence-electron chi connectivity index (χ4n) is 2.82. The predicted molar refractivity (Wildman–Crippen MR) is 92.6 cm³/mol. The fraction of sp³-hybridized carbons (Fsp3) is 0.235. The van der Waals surface area contributed by atoms with E-state index in [1.807, 2.05) is 4.90 Å². The van der Waals surface area contributed by atoms with E-state index >= 15 is 0 Å². The smallest absolute Gasteiger partial charge is 0.270 e. The minimum atomic E-state index is -0.566. The molecule has 0 bridgehead atoms. The van der Waals surface area contributed by atoms with Gasteiger partial charge in [0.05, 0.1) is 21.2 Å². The number of nitro groups is 1. The maximum atomic E-state index is 13.9. The van der Waals surface area contributed by atoms with E-state index in [1.54, 1.807) is 23.1 Å². The zero-order valence-electron chi connectivity index (χ0n) is 13.2. The molecule has 1 fully saturated rings. The van der Waals surface area contributed by atoms with Crippen LogP contribution in [-0.4, -0.2) is 41.9 Å². The first-order valence-electron chi connectivity index (χ1n) is 7.70. The van der Waals surface area contributed by atoms with Crippen molar-refractivity contribution in [2.75, 3.05) is 31.1 Å². The zero-order valence-corrected chi connectivity index (χ0v) is 13.9. The molecule has 130 valence electrons. The lowest BCUT2D eigenvalue weighted by atomic mass is 10.1. The summed E-state index contributed by atoms with van der Waals surface area (Å²) in [4.78, 5) is 26.4. The third-order valence-electron chi connectivity index (χ3n) is 4.15. The highest BCUT2D eigenvalue weighted by molar-refractivity contribution is 6.33. The number of halogens is 2. The number of nitrogens with zero attached hydrogens (tertiary/aromatic N) is 3. The quantitative estimate of drug-likeness (QED) is 0.619. The number of hydrogen-bond donors (Lipinski definition) is 0. The number of rotatable bonds is 3. The van der Waals surface area contributed by atoms with Crippen molar-refractivity contribution in [2.24, 2.45) is 0 Å². The monoisotopic (exact) mass is 363 g/mol. The molecular weight excluding hydrogens is 349 g/mol. The molecule has 1 heterocycles. The van der Waals surface area contributed by atoms with Gasteiger partial charge in [0.2, 0.25) is 0 Å². The van der Waals surface area contributed by atoms with Crippen LogP contribution in [0.25, 0.3) is 0 Å². The molecule has 1 aliphatic rings. The molecule has 1 amide bonds. The molecule has 0 saturated carbocycles. The van der Waals surface area contributed by atoms with Crippen LogP contribution in [0.15, 0.2) is 42.5 Å². The second-order valence-electron chi connectivity index (χ2n) is 5.65. The van der Waals surface area contributed by atoms with Gasteiger partial charge in [-0.1, -0.05) is 23.7 Å². The number of benzene rings is 2. The highest BCUT2D eigenvalue weighted by atomic mass is 35.5. The van der Waals surface area contributed by atoms with E-state index in [9.17, 15) is 19.3 Å². The first-order valence-corrected chi connectivity index (χ1v) is 8.08. The third-order valence-corrected chi connectivity index (χ3v) is 4.48. The zero-order chi connectivity index (χ0) is 18.0. The number of nitro benzene ring substituents is 1. The Kier molecular flexibility index (Phi) is 4.85. The summed E-state index contributed by atoms with van der Waals surface area (Å²) in [6.45, 7) is 1.71. The van der Waals surface area contributed by atoms with Gasteiger partial charge in [-0.15, -0.1) is 0 Å². The van der Waals surface area contributed by atoms with Crippen LogP contribution in [-0.2, 0) is 0 Å². The lowest BCUT2D eigenvalue weighted by molar-refractivity contribution is -0.384. The lowest BCUT2D eigenvalue weighted by Crippen LogP contribution is -2.49. The van der Waals surface area contributed by atoms with E-state index in [2.05, 4.69) is 0 Å². The van der Waals surface area contributed by atoms with E-state index in [1.165, 1.54) is 24.3 Å². The number of carbonyl (C=O) groups is 1. The maximum absolute atomic E-state index is 13.9. The molecule has 0 aromatic heterocycles. The van der Waals surface area contributed by atoms with Gasteiger partial charge in [0.1, 0.15) is 5.82 Å². The van der Waals surface area contributed by atoms with Crippen molar-refractivity contribution < 1.29 is 14.1 Å². The fourth-order valence-corrected chi connectivity index (χ4v) is 3.02. The number of carbonyl (C=O) groups excluding carboxylic acids is 1. The average molecular weight is 364 g/mol. The van der Waals surface area contributed by atoms with Gasteiger partial charge in [-0.05, 0) is 18.2 Å². The van der Waals surface area contributed by atoms with Crippen LogP contribution in [0, 0.1) is 15.9 Å². The van der Waals surface area contributed by atoms with Crippen molar-refractivity contribution >= 4 is 28.9 Å². The van der Waals surface area contributed by atoms with Crippen LogP contribution in [0.1, 0.15) is 10.4 Å².